The molecule has 0 bridgehead atoms. The monoisotopic (exact) mass is 400 g/mol. The van der Waals surface area contributed by atoms with Crippen molar-refractivity contribution in [2.75, 3.05) is 13.1 Å². The highest BCUT2D eigenvalue weighted by molar-refractivity contribution is 5.79. The fraction of sp³-hybridized carbons (Fsp3) is 0.571. The first kappa shape index (κ1) is 21.1. The van der Waals surface area contributed by atoms with Crippen LogP contribution in [0.5, 0.6) is 5.88 Å². The highest BCUT2D eigenvalue weighted by Gasteiger charge is 2.25. The molecule has 1 saturated carbocycles. The minimum absolute atomic E-state index is 0.309. The van der Waals surface area contributed by atoms with Gasteiger partial charge in [-0.3, -0.25) is 4.68 Å². The van der Waals surface area contributed by atoms with Crippen LogP contribution in [0.4, 0.5) is 0 Å². The van der Waals surface area contributed by atoms with Crippen molar-refractivity contribution in [1.82, 2.24) is 25.4 Å². The summed E-state index contributed by atoms with van der Waals surface area (Å²) in [5, 5.41) is 21.3. The maximum Gasteiger partial charge on any atom is 0.213 e. The fourth-order valence-corrected chi connectivity index (χ4v) is 3.32. The van der Waals surface area contributed by atoms with Crippen LogP contribution in [-0.4, -0.2) is 45.0 Å². The van der Waals surface area contributed by atoms with Gasteiger partial charge in [-0.25, -0.2) is 9.98 Å². The molecule has 2 aromatic rings. The summed E-state index contributed by atoms with van der Waals surface area (Å²) in [6.45, 7) is 5.30. The lowest BCUT2D eigenvalue weighted by Gasteiger charge is -2.23. The first-order valence-corrected chi connectivity index (χ1v) is 10.3. The van der Waals surface area contributed by atoms with Gasteiger partial charge in [0.15, 0.2) is 5.96 Å². The summed E-state index contributed by atoms with van der Waals surface area (Å²) in [5.74, 6) is 1.32. The number of nitrogens with zero attached hydrogens (tertiary/aromatic N) is 4. The summed E-state index contributed by atoms with van der Waals surface area (Å²) in [6, 6.07) is 3.91. The van der Waals surface area contributed by atoms with Crippen molar-refractivity contribution in [3.8, 4) is 5.88 Å². The lowest BCUT2D eigenvalue weighted by molar-refractivity contribution is 0.0616. The van der Waals surface area contributed by atoms with Crippen molar-refractivity contribution in [2.24, 2.45) is 12.0 Å². The van der Waals surface area contributed by atoms with Crippen LogP contribution in [0.3, 0.4) is 0 Å². The third kappa shape index (κ3) is 6.19. The molecule has 0 radical (unpaired) electrons. The first-order chi connectivity index (χ1) is 14.0. The summed E-state index contributed by atoms with van der Waals surface area (Å²) in [7, 11) is 1.83. The molecular weight excluding hydrogens is 368 g/mol. The van der Waals surface area contributed by atoms with Crippen LogP contribution >= 0.6 is 0 Å². The van der Waals surface area contributed by atoms with E-state index in [1.165, 1.54) is 12.8 Å². The fourth-order valence-electron chi connectivity index (χ4n) is 3.32. The number of guanidine groups is 1. The second-order valence-corrected chi connectivity index (χ2v) is 7.75. The van der Waals surface area contributed by atoms with Gasteiger partial charge in [0, 0.05) is 37.6 Å². The molecule has 2 aromatic heterocycles. The van der Waals surface area contributed by atoms with E-state index in [0.717, 1.165) is 30.5 Å². The molecule has 0 aliphatic heterocycles. The maximum absolute atomic E-state index is 10.7. The van der Waals surface area contributed by atoms with Crippen LogP contribution in [0.2, 0.25) is 0 Å². The number of aryl methyl sites for hydroxylation is 1. The minimum atomic E-state index is -1.05. The van der Waals surface area contributed by atoms with E-state index in [1.54, 1.807) is 17.8 Å². The molecule has 1 fully saturated rings. The van der Waals surface area contributed by atoms with Crippen molar-refractivity contribution in [3.05, 3.63) is 41.9 Å². The van der Waals surface area contributed by atoms with Crippen LogP contribution in [0, 0.1) is 0 Å². The van der Waals surface area contributed by atoms with E-state index in [2.05, 4.69) is 25.7 Å². The molecule has 0 spiro atoms. The molecule has 1 atom stereocenters. The molecule has 8 heteroatoms. The molecule has 0 amide bonds. The van der Waals surface area contributed by atoms with Gasteiger partial charge in [-0.15, -0.1) is 0 Å². The van der Waals surface area contributed by atoms with Crippen LogP contribution in [0.15, 0.2) is 35.7 Å². The summed E-state index contributed by atoms with van der Waals surface area (Å²) >= 11 is 0. The van der Waals surface area contributed by atoms with Crippen molar-refractivity contribution in [3.63, 3.8) is 0 Å². The standard InChI is InChI=1S/C21H32N6O2/c1-4-22-20(25-15-21(2,28)17-13-26-27(3)14-17)24-12-16-9-10-19(23-11-16)29-18-7-5-6-8-18/h9-11,13-14,18,28H,4-8,12,15H2,1-3H3,(H2,22,24,25). The first-order valence-electron chi connectivity index (χ1n) is 10.3. The Balaban J connectivity index is 1.55. The molecule has 0 aromatic carbocycles. The Labute approximate surface area is 172 Å². The van der Waals surface area contributed by atoms with E-state index in [-0.39, 0.29) is 0 Å². The number of hydrogen-bond donors (Lipinski definition) is 3. The number of nitrogens with one attached hydrogen (secondary N) is 2. The summed E-state index contributed by atoms with van der Waals surface area (Å²) in [6.07, 6.45) is 10.3. The second kappa shape index (κ2) is 9.73. The van der Waals surface area contributed by atoms with Gasteiger partial charge in [0.2, 0.25) is 5.88 Å². The number of hydrogen-bond acceptors (Lipinski definition) is 5. The summed E-state index contributed by atoms with van der Waals surface area (Å²) in [5.41, 5.74) is 0.705. The van der Waals surface area contributed by atoms with E-state index in [0.29, 0.717) is 31.0 Å². The Kier molecular flexibility index (Phi) is 7.09. The van der Waals surface area contributed by atoms with Gasteiger partial charge in [0.05, 0.1) is 19.3 Å². The van der Waals surface area contributed by atoms with Crippen LogP contribution < -0.4 is 15.4 Å². The quantitative estimate of drug-likeness (QED) is 0.464. The molecule has 29 heavy (non-hydrogen) atoms. The molecule has 0 saturated heterocycles. The SMILES string of the molecule is CCNC(=NCc1ccc(OC2CCCC2)nc1)NCC(C)(O)c1cnn(C)c1. The Bertz CT molecular complexity index is 794. The van der Waals surface area contributed by atoms with Crippen LogP contribution in [0.25, 0.3) is 0 Å². The zero-order valence-corrected chi connectivity index (χ0v) is 17.6. The highest BCUT2D eigenvalue weighted by atomic mass is 16.5. The third-order valence-corrected chi connectivity index (χ3v) is 5.08. The largest absolute Gasteiger partial charge is 0.474 e. The Morgan fingerprint density at radius 1 is 1.31 bits per heavy atom. The van der Waals surface area contributed by atoms with Gasteiger partial charge >= 0.3 is 0 Å². The number of rotatable bonds is 8. The Morgan fingerprint density at radius 3 is 2.72 bits per heavy atom. The number of aliphatic hydroxyl groups is 1. The summed E-state index contributed by atoms with van der Waals surface area (Å²) < 4.78 is 7.58. The maximum atomic E-state index is 10.7. The number of ether oxygens (including phenoxy) is 1. The molecule has 3 rings (SSSR count). The van der Waals surface area contributed by atoms with Crippen molar-refractivity contribution in [2.45, 2.75) is 57.8 Å². The van der Waals surface area contributed by atoms with Crippen molar-refractivity contribution in [1.29, 1.82) is 0 Å². The smallest absolute Gasteiger partial charge is 0.213 e. The Hall–Kier alpha value is -2.61. The average molecular weight is 401 g/mol. The van der Waals surface area contributed by atoms with Gasteiger partial charge in [0.1, 0.15) is 11.7 Å². The molecule has 1 unspecified atom stereocenters. The number of aromatic nitrogens is 3. The molecule has 158 valence electrons. The molecule has 1 aliphatic carbocycles. The van der Waals surface area contributed by atoms with Crippen LogP contribution in [-0.2, 0) is 19.2 Å². The van der Waals surface area contributed by atoms with Gasteiger partial charge < -0.3 is 20.5 Å². The van der Waals surface area contributed by atoms with Gasteiger partial charge in [-0.05, 0) is 45.1 Å². The molecule has 2 heterocycles. The Morgan fingerprint density at radius 2 is 2.10 bits per heavy atom. The zero-order valence-electron chi connectivity index (χ0n) is 17.6. The number of aliphatic imine (C=N–C) groups is 1. The molecule has 8 nitrogen and oxygen atoms in total. The zero-order chi connectivity index (χ0) is 20.7. The third-order valence-electron chi connectivity index (χ3n) is 5.08. The number of pyridine rings is 1. The normalized spacial score (nSPS) is 17.2. The van der Waals surface area contributed by atoms with E-state index in [4.69, 9.17) is 4.74 Å². The van der Waals surface area contributed by atoms with Crippen LogP contribution in [0.1, 0.15) is 50.7 Å². The average Bonchev–Trinajstić information content (AvgIpc) is 3.37. The second-order valence-electron chi connectivity index (χ2n) is 7.75. The molecular formula is C21H32N6O2. The predicted octanol–water partition coefficient (Wildman–Crippen LogP) is 2.10. The van der Waals surface area contributed by atoms with Crippen molar-refractivity contribution < 1.29 is 9.84 Å². The minimum Gasteiger partial charge on any atom is -0.474 e. The van der Waals surface area contributed by atoms with Gasteiger partial charge in [-0.2, -0.15) is 5.10 Å². The lowest BCUT2D eigenvalue weighted by atomic mass is 10.00. The molecule has 1 aliphatic rings. The molecule has 3 N–H and O–H groups in total. The van der Waals surface area contributed by atoms with E-state index < -0.39 is 5.60 Å². The van der Waals surface area contributed by atoms with E-state index in [9.17, 15) is 5.11 Å². The topological polar surface area (TPSA) is 96.6 Å². The van der Waals surface area contributed by atoms with Crippen molar-refractivity contribution >= 4 is 5.96 Å². The van der Waals surface area contributed by atoms with E-state index in [1.807, 2.05) is 38.5 Å². The highest BCUT2D eigenvalue weighted by Crippen LogP contribution is 2.23. The van der Waals surface area contributed by atoms with E-state index >= 15 is 0 Å². The van der Waals surface area contributed by atoms with Gasteiger partial charge in [-0.1, -0.05) is 6.07 Å². The van der Waals surface area contributed by atoms with Gasteiger partial charge in [0.25, 0.3) is 0 Å². The lowest BCUT2D eigenvalue weighted by Crippen LogP contribution is -2.44. The summed E-state index contributed by atoms with van der Waals surface area (Å²) in [4.78, 5) is 9.01. The predicted molar refractivity (Wildman–Crippen MR) is 113 cm³/mol.